The van der Waals surface area contributed by atoms with E-state index in [1.54, 1.807) is 13.2 Å². The molecule has 8 heteroatoms. The van der Waals surface area contributed by atoms with Crippen molar-refractivity contribution in [3.63, 3.8) is 0 Å². The summed E-state index contributed by atoms with van der Waals surface area (Å²) in [4.78, 5) is 25.4. The van der Waals surface area contributed by atoms with E-state index in [0.29, 0.717) is 43.9 Å². The Kier molecular flexibility index (Phi) is 7.38. The quantitative estimate of drug-likeness (QED) is 0.348. The molecule has 0 unspecified atom stereocenters. The summed E-state index contributed by atoms with van der Waals surface area (Å²) in [5.41, 5.74) is 3.34. The van der Waals surface area contributed by atoms with Crippen molar-refractivity contribution in [2.45, 2.75) is 19.6 Å². The molecule has 0 radical (unpaired) electrons. The minimum Gasteiger partial charge on any atom is -0.493 e. The summed E-state index contributed by atoms with van der Waals surface area (Å²) < 4.78 is 13.0. The van der Waals surface area contributed by atoms with E-state index in [-0.39, 0.29) is 5.78 Å². The first-order valence-corrected chi connectivity index (χ1v) is 12.1. The van der Waals surface area contributed by atoms with E-state index in [4.69, 9.17) is 9.47 Å². The number of urea groups is 1. The van der Waals surface area contributed by atoms with Gasteiger partial charge < -0.3 is 20.1 Å². The molecule has 0 saturated heterocycles. The molecule has 0 fully saturated rings. The molecule has 1 aliphatic heterocycles. The molecule has 3 aromatic carbocycles. The largest absolute Gasteiger partial charge is 0.493 e. The fourth-order valence-corrected chi connectivity index (χ4v) is 4.90. The zero-order chi connectivity index (χ0) is 24.2. The SMILES string of the molecule is COc1cc([C@H]2NC(=O)NC(c3ccccc3)=C2C(C)=O)c(Br)c(Br)c1OCc1ccccc1. The molecular formula is C26H22Br2N2O4. The minimum atomic E-state index is -0.704. The third kappa shape index (κ3) is 4.88. The molecule has 1 aliphatic rings. The molecular weight excluding hydrogens is 564 g/mol. The molecule has 0 aromatic heterocycles. The van der Waals surface area contributed by atoms with Crippen LogP contribution in [0.1, 0.15) is 29.7 Å². The van der Waals surface area contributed by atoms with Crippen LogP contribution in [0.5, 0.6) is 11.5 Å². The van der Waals surface area contributed by atoms with Gasteiger partial charge in [0.25, 0.3) is 0 Å². The molecule has 2 amide bonds. The van der Waals surface area contributed by atoms with Gasteiger partial charge in [0.05, 0.1) is 23.3 Å². The van der Waals surface area contributed by atoms with E-state index >= 15 is 0 Å². The van der Waals surface area contributed by atoms with Gasteiger partial charge in [-0.25, -0.2) is 4.79 Å². The summed E-state index contributed by atoms with van der Waals surface area (Å²) in [6.45, 7) is 1.84. The van der Waals surface area contributed by atoms with Gasteiger partial charge in [-0.15, -0.1) is 0 Å². The Labute approximate surface area is 214 Å². The number of amides is 2. The molecule has 34 heavy (non-hydrogen) atoms. The summed E-state index contributed by atoms with van der Waals surface area (Å²) in [6, 6.07) is 19.8. The fourth-order valence-electron chi connectivity index (χ4n) is 3.84. The fraction of sp³-hybridized carbons (Fsp3) is 0.154. The highest BCUT2D eigenvalue weighted by atomic mass is 79.9. The van der Waals surface area contributed by atoms with Crippen LogP contribution in [0.3, 0.4) is 0 Å². The van der Waals surface area contributed by atoms with E-state index in [0.717, 1.165) is 11.1 Å². The highest BCUT2D eigenvalue weighted by molar-refractivity contribution is 9.13. The van der Waals surface area contributed by atoms with Crippen molar-refractivity contribution >= 4 is 49.4 Å². The van der Waals surface area contributed by atoms with Crippen LogP contribution in [-0.2, 0) is 11.4 Å². The van der Waals surface area contributed by atoms with E-state index in [1.807, 2.05) is 60.7 Å². The summed E-state index contributed by atoms with van der Waals surface area (Å²) in [5, 5.41) is 5.69. The van der Waals surface area contributed by atoms with E-state index in [2.05, 4.69) is 42.5 Å². The van der Waals surface area contributed by atoms with Crippen molar-refractivity contribution in [3.8, 4) is 11.5 Å². The van der Waals surface area contributed by atoms with Gasteiger partial charge in [-0.05, 0) is 61.5 Å². The lowest BCUT2D eigenvalue weighted by Gasteiger charge is -2.31. The second-order valence-corrected chi connectivity index (χ2v) is 9.23. The molecule has 2 N–H and O–H groups in total. The molecule has 6 nitrogen and oxygen atoms in total. The van der Waals surface area contributed by atoms with Gasteiger partial charge in [-0.1, -0.05) is 60.7 Å². The maximum absolute atomic E-state index is 12.8. The maximum Gasteiger partial charge on any atom is 0.320 e. The third-order valence-electron chi connectivity index (χ3n) is 5.43. The van der Waals surface area contributed by atoms with Crippen LogP contribution in [-0.4, -0.2) is 18.9 Å². The average molecular weight is 586 g/mol. The highest BCUT2D eigenvalue weighted by Crippen LogP contribution is 2.47. The molecule has 1 atom stereocenters. The topological polar surface area (TPSA) is 76.7 Å². The van der Waals surface area contributed by atoms with E-state index < -0.39 is 12.1 Å². The number of hydrogen-bond acceptors (Lipinski definition) is 4. The number of methoxy groups -OCH3 is 1. The van der Waals surface area contributed by atoms with Crippen LogP contribution in [0.2, 0.25) is 0 Å². The van der Waals surface area contributed by atoms with Gasteiger partial charge in [-0.3, -0.25) is 4.79 Å². The van der Waals surface area contributed by atoms with Crippen LogP contribution in [0.15, 0.2) is 81.2 Å². The Morgan fingerprint density at radius 3 is 2.26 bits per heavy atom. The lowest BCUT2D eigenvalue weighted by molar-refractivity contribution is -0.113. The van der Waals surface area contributed by atoms with Crippen molar-refractivity contribution < 1.29 is 19.1 Å². The van der Waals surface area contributed by atoms with Crippen molar-refractivity contribution in [1.29, 1.82) is 0 Å². The van der Waals surface area contributed by atoms with Crippen LogP contribution in [0.25, 0.3) is 5.70 Å². The number of rotatable bonds is 7. The number of ether oxygens (including phenoxy) is 2. The number of nitrogens with one attached hydrogen (secondary N) is 2. The minimum absolute atomic E-state index is 0.164. The first-order chi connectivity index (χ1) is 16.4. The Balaban J connectivity index is 1.80. The number of hydrogen-bond donors (Lipinski definition) is 2. The molecule has 174 valence electrons. The zero-order valence-corrected chi connectivity index (χ0v) is 21.7. The second-order valence-electron chi connectivity index (χ2n) is 7.64. The Morgan fingerprint density at radius 1 is 1.00 bits per heavy atom. The summed E-state index contributed by atoms with van der Waals surface area (Å²) >= 11 is 7.25. The smallest absolute Gasteiger partial charge is 0.320 e. The van der Waals surface area contributed by atoms with Gasteiger partial charge in [0.1, 0.15) is 6.61 Å². The van der Waals surface area contributed by atoms with Gasteiger partial charge in [0.15, 0.2) is 17.3 Å². The van der Waals surface area contributed by atoms with Gasteiger partial charge >= 0.3 is 6.03 Å². The van der Waals surface area contributed by atoms with Crippen LogP contribution in [0.4, 0.5) is 4.79 Å². The number of ketones is 1. The van der Waals surface area contributed by atoms with E-state index in [9.17, 15) is 9.59 Å². The van der Waals surface area contributed by atoms with Crippen LogP contribution >= 0.6 is 31.9 Å². The van der Waals surface area contributed by atoms with Crippen molar-refractivity contribution in [2.75, 3.05) is 7.11 Å². The number of carbonyl (C=O) groups is 2. The summed E-state index contributed by atoms with van der Waals surface area (Å²) in [7, 11) is 1.55. The molecule has 0 spiro atoms. The van der Waals surface area contributed by atoms with Gasteiger partial charge in [-0.2, -0.15) is 0 Å². The third-order valence-corrected chi connectivity index (χ3v) is 7.57. The summed E-state index contributed by atoms with van der Waals surface area (Å²) in [6.07, 6.45) is 0. The number of Topliss-reactive ketones (excluding diaryl/α,β-unsaturated/α-hetero) is 1. The zero-order valence-electron chi connectivity index (χ0n) is 18.5. The number of halogens is 2. The lowest BCUT2D eigenvalue weighted by atomic mass is 9.90. The number of carbonyl (C=O) groups excluding carboxylic acids is 2. The molecule has 0 saturated carbocycles. The first-order valence-electron chi connectivity index (χ1n) is 10.5. The molecule has 0 bridgehead atoms. The van der Waals surface area contributed by atoms with Crippen LogP contribution in [0, 0.1) is 0 Å². The molecule has 3 aromatic rings. The van der Waals surface area contributed by atoms with Crippen molar-refractivity contribution in [2.24, 2.45) is 0 Å². The maximum atomic E-state index is 12.8. The molecule has 1 heterocycles. The van der Waals surface area contributed by atoms with Crippen molar-refractivity contribution in [3.05, 3.63) is 97.9 Å². The Morgan fingerprint density at radius 2 is 1.65 bits per heavy atom. The molecule has 4 rings (SSSR count). The second kappa shape index (κ2) is 10.4. The first kappa shape index (κ1) is 24.0. The normalized spacial score (nSPS) is 15.4. The van der Waals surface area contributed by atoms with Crippen LogP contribution < -0.4 is 20.1 Å². The Bertz CT molecular complexity index is 1260. The predicted octanol–water partition coefficient (Wildman–Crippen LogP) is 6.15. The Hall–Kier alpha value is -3.10. The van der Waals surface area contributed by atoms with E-state index in [1.165, 1.54) is 6.92 Å². The monoisotopic (exact) mass is 584 g/mol. The number of benzene rings is 3. The lowest BCUT2D eigenvalue weighted by Crippen LogP contribution is -2.44. The molecule has 0 aliphatic carbocycles. The average Bonchev–Trinajstić information content (AvgIpc) is 2.85. The van der Waals surface area contributed by atoms with Gasteiger partial charge in [0, 0.05) is 10.0 Å². The summed E-state index contributed by atoms with van der Waals surface area (Å²) in [5.74, 6) is 0.819. The highest BCUT2D eigenvalue weighted by Gasteiger charge is 2.34. The van der Waals surface area contributed by atoms with Crippen molar-refractivity contribution in [1.82, 2.24) is 10.6 Å². The predicted molar refractivity (Wildman–Crippen MR) is 138 cm³/mol. The van der Waals surface area contributed by atoms with Gasteiger partial charge in [0.2, 0.25) is 0 Å². The standard InChI is InChI=1S/C26H22Br2N2O4/c1-15(31)20-23(17-11-7-4-8-12-17)29-26(32)30-24(20)18-13-19(33-2)25(22(28)21(18)27)34-14-16-9-5-3-6-10-16/h3-13,24H,14H2,1-2H3,(H2,29,30,32)/t24-/m1/s1.